The molecule has 19 heavy (non-hydrogen) atoms. The number of benzene rings is 1. The van der Waals surface area contributed by atoms with Crippen LogP contribution in [0.25, 0.3) is 0 Å². The second kappa shape index (κ2) is 5.49. The van der Waals surface area contributed by atoms with Crippen LogP contribution in [0, 0.1) is 0 Å². The molecule has 0 amide bonds. The molecule has 0 saturated heterocycles. The van der Waals surface area contributed by atoms with Gasteiger partial charge in [-0.05, 0) is 24.7 Å². The second-order valence-corrected chi connectivity index (χ2v) is 4.90. The molecule has 0 saturated carbocycles. The summed E-state index contributed by atoms with van der Waals surface area (Å²) in [5.74, 6) is 2.44. The zero-order valence-corrected chi connectivity index (χ0v) is 11.1. The van der Waals surface area contributed by atoms with Gasteiger partial charge in [-0.25, -0.2) is 0 Å². The van der Waals surface area contributed by atoms with Gasteiger partial charge in [0, 0.05) is 23.9 Å². The van der Waals surface area contributed by atoms with Gasteiger partial charge in [-0.2, -0.15) is 0 Å². The molecule has 1 aromatic carbocycles. The summed E-state index contributed by atoms with van der Waals surface area (Å²) in [7, 11) is 0. The number of rotatable bonds is 5. The SMILES string of the molecule is CCNC(Cc1ccco1)C1COc2ccccc21. The first-order valence-electron chi connectivity index (χ1n) is 6.86. The zero-order valence-electron chi connectivity index (χ0n) is 11.1. The van der Waals surface area contributed by atoms with E-state index in [1.165, 1.54) is 5.56 Å². The predicted molar refractivity (Wildman–Crippen MR) is 74.6 cm³/mol. The Kier molecular flexibility index (Phi) is 3.56. The number of hydrogen-bond acceptors (Lipinski definition) is 3. The van der Waals surface area contributed by atoms with Gasteiger partial charge in [-0.3, -0.25) is 0 Å². The molecule has 1 aliphatic heterocycles. The van der Waals surface area contributed by atoms with Gasteiger partial charge in [0.1, 0.15) is 11.5 Å². The molecule has 2 atom stereocenters. The zero-order chi connectivity index (χ0) is 13.1. The monoisotopic (exact) mass is 257 g/mol. The normalized spacial score (nSPS) is 18.9. The van der Waals surface area contributed by atoms with Crippen molar-refractivity contribution < 1.29 is 9.15 Å². The fraction of sp³-hybridized carbons (Fsp3) is 0.375. The third kappa shape index (κ3) is 2.51. The maximum absolute atomic E-state index is 5.79. The third-order valence-electron chi connectivity index (χ3n) is 3.69. The van der Waals surface area contributed by atoms with Gasteiger partial charge in [0.2, 0.25) is 0 Å². The van der Waals surface area contributed by atoms with Crippen molar-refractivity contribution in [3.8, 4) is 5.75 Å². The number of nitrogens with one attached hydrogen (secondary N) is 1. The largest absolute Gasteiger partial charge is 0.493 e. The molecular formula is C16H19NO2. The minimum atomic E-state index is 0.347. The average Bonchev–Trinajstić information content (AvgIpc) is 3.07. The van der Waals surface area contributed by atoms with Crippen molar-refractivity contribution in [2.45, 2.75) is 25.3 Å². The summed E-state index contributed by atoms with van der Waals surface area (Å²) in [6.07, 6.45) is 2.63. The molecule has 2 unspecified atom stereocenters. The van der Waals surface area contributed by atoms with Crippen LogP contribution in [0.1, 0.15) is 24.2 Å². The Balaban J connectivity index is 1.81. The molecule has 0 spiro atoms. The lowest BCUT2D eigenvalue weighted by atomic mass is 9.90. The molecule has 0 fully saturated rings. The molecule has 3 rings (SSSR count). The van der Waals surface area contributed by atoms with Crippen molar-refractivity contribution in [3.05, 3.63) is 54.0 Å². The molecule has 1 N–H and O–H groups in total. The summed E-state index contributed by atoms with van der Waals surface area (Å²) in [6, 6.07) is 12.6. The Bertz CT molecular complexity index is 521. The molecule has 3 heteroatoms. The lowest BCUT2D eigenvalue weighted by Gasteiger charge is -2.22. The van der Waals surface area contributed by atoms with Crippen molar-refractivity contribution >= 4 is 0 Å². The Morgan fingerprint density at radius 3 is 2.95 bits per heavy atom. The molecule has 0 aliphatic carbocycles. The average molecular weight is 257 g/mol. The molecule has 2 heterocycles. The Labute approximate surface area is 113 Å². The molecular weight excluding hydrogens is 238 g/mol. The first kappa shape index (κ1) is 12.3. The van der Waals surface area contributed by atoms with Crippen LogP contribution >= 0.6 is 0 Å². The highest BCUT2D eigenvalue weighted by molar-refractivity contribution is 5.40. The van der Waals surface area contributed by atoms with Gasteiger partial charge in [0.15, 0.2) is 0 Å². The van der Waals surface area contributed by atoms with Crippen LogP contribution in [0.5, 0.6) is 5.75 Å². The fourth-order valence-electron chi connectivity index (χ4n) is 2.78. The Morgan fingerprint density at radius 1 is 1.26 bits per heavy atom. The van der Waals surface area contributed by atoms with E-state index in [2.05, 4.69) is 24.4 Å². The van der Waals surface area contributed by atoms with E-state index >= 15 is 0 Å². The summed E-state index contributed by atoms with van der Waals surface area (Å²) >= 11 is 0. The van der Waals surface area contributed by atoms with Crippen LogP contribution in [0.4, 0.5) is 0 Å². The van der Waals surface area contributed by atoms with Gasteiger partial charge in [0.05, 0.1) is 12.9 Å². The first-order valence-corrected chi connectivity index (χ1v) is 6.86. The minimum Gasteiger partial charge on any atom is -0.493 e. The topological polar surface area (TPSA) is 34.4 Å². The summed E-state index contributed by atoms with van der Waals surface area (Å²) in [5.41, 5.74) is 1.31. The number of hydrogen-bond donors (Lipinski definition) is 1. The van der Waals surface area contributed by atoms with E-state index in [4.69, 9.17) is 9.15 Å². The lowest BCUT2D eigenvalue weighted by Crippen LogP contribution is -2.37. The number of ether oxygens (including phenoxy) is 1. The maximum atomic E-state index is 5.79. The molecule has 3 nitrogen and oxygen atoms in total. The van der Waals surface area contributed by atoms with Crippen LogP contribution in [0.3, 0.4) is 0 Å². The van der Waals surface area contributed by atoms with Gasteiger partial charge in [0.25, 0.3) is 0 Å². The second-order valence-electron chi connectivity index (χ2n) is 4.90. The van der Waals surface area contributed by atoms with E-state index in [9.17, 15) is 0 Å². The summed E-state index contributed by atoms with van der Waals surface area (Å²) in [5, 5.41) is 3.56. The van der Waals surface area contributed by atoms with Crippen LogP contribution in [0.15, 0.2) is 47.1 Å². The van der Waals surface area contributed by atoms with Crippen molar-refractivity contribution in [3.63, 3.8) is 0 Å². The third-order valence-corrected chi connectivity index (χ3v) is 3.69. The number of fused-ring (bicyclic) bond motifs is 1. The van der Waals surface area contributed by atoms with E-state index in [1.807, 2.05) is 24.3 Å². The van der Waals surface area contributed by atoms with Crippen LogP contribution in [-0.2, 0) is 6.42 Å². The first-order chi connectivity index (χ1) is 9.38. The minimum absolute atomic E-state index is 0.347. The van der Waals surface area contributed by atoms with Gasteiger partial charge in [-0.1, -0.05) is 25.1 Å². The van der Waals surface area contributed by atoms with E-state index in [-0.39, 0.29) is 0 Å². The summed E-state index contributed by atoms with van der Waals surface area (Å²) in [6.45, 7) is 3.83. The van der Waals surface area contributed by atoms with E-state index in [1.54, 1.807) is 6.26 Å². The lowest BCUT2D eigenvalue weighted by molar-refractivity contribution is 0.293. The van der Waals surface area contributed by atoms with Crippen molar-refractivity contribution in [2.24, 2.45) is 0 Å². The van der Waals surface area contributed by atoms with E-state index in [0.717, 1.165) is 31.1 Å². The van der Waals surface area contributed by atoms with Crippen LogP contribution < -0.4 is 10.1 Å². The van der Waals surface area contributed by atoms with Gasteiger partial charge >= 0.3 is 0 Å². The van der Waals surface area contributed by atoms with Crippen molar-refractivity contribution in [2.75, 3.05) is 13.2 Å². The predicted octanol–water partition coefficient (Wildman–Crippen LogP) is 2.98. The molecule has 100 valence electrons. The maximum Gasteiger partial charge on any atom is 0.122 e. The summed E-state index contributed by atoms with van der Waals surface area (Å²) < 4.78 is 11.3. The van der Waals surface area contributed by atoms with Gasteiger partial charge in [-0.15, -0.1) is 0 Å². The number of furan rings is 1. The van der Waals surface area contributed by atoms with Crippen LogP contribution in [-0.4, -0.2) is 19.2 Å². The highest BCUT2D eigenvalue weighted by Gasteiger charge is 2.31. The molecule has 0 bridgehead atoms. The molecule has 0 radical (unpaired) electrons. The van der Waals surface area contributed by atoms with Crippen LogP contribution in [0.2, 0.25) is 0 Å². The number of para-hydroxylation sites is 1. The summed E-state index contributed by atoms with van der Waals surface area (Å²) in [4.78, 5) is 0. The smallest absolute Gasteiger partial charge is 0.122 e. The van der Waals surface area contributed by atoms with Gasteiger partial charge < -0.3 is 14.5 Å². The number of likely N-dealkylation sites (N-methyl/N-ethyl adjacent to an activating group) is 1. The Morgan fingerprint density at radius 2 is 2.16 bits per heavy atom. The molecule has 1 aliphatic rings. The van der Waals surface area contributed by atoms with Crippen molar-refractivity contribution in [1.29, 1.82) is 0 Å². The fourth-order valence-corrected chi connectivity index (χ4v) is 2.78. The molecule has 2 aromatic rings. The molecule has 1 aromatic heterocycles. The quantitative estimate of drug-likeness (QED) is 0.894. The standard InChI is InChI=1S/C16H19NO2/c1-2-17-15(10-12-6-5-9-18-12)14-11-19-16-8-4-3-7-13(14)16/h3-9,14-15,17H,2,10-11H2,1H3. The highest BCUT2D eigenvalue weighted by Crippen LogP contribution is 2.36. The highest BCUT2D eigenvalue weighted by atomic mass is 16.5. The van der Waals surface area contributed by atoms with Crippen molar-refractivity contribution in [1.82, 2.24) is 5.32 Å². The Hall–Kier alpha value is -1.74. The van der Waals surface area contributed by atoms with E-state index in [0.29, 0.717) is 12.0 Å². The van der Waals surface area contributed by atoms with E-state index < -0.39 is 0 Å².